The third kappa shape index (κ3) is 2.83. The van der Waals surface area contributed by atoms with Gasteiger partial charge in [-0.1, -0.05) is 32.0 Å². The van der Waals surface area contributed by atoms with Gasteiger partial charge in [0.05, 0.1) is 18.0 Å². The zero-order valence-corrected chi connectivity index (χ0v) is 11.3. The smallest absolute Gasteiger partial charge is 0.126 e. The maximum absolute atomic E-state index is 9.36. The van der Waals surface area contributed by atoms with Crippen molar-refractivity contribution in [3.63, 3.8) is 0 Å². The molecule has 1 aromatic heterocycles. The molecule has 0 saturated carbocycles. The first-order valence-electron chi connectivity index (χ1n) is 6.53. The van der Waals surface area contributed by atoms with Crippen LogP contribution < -0.4 is 0 Å². The summed E-state index contributed by atoms with van der Waals surface area (Å²) in [5, 5.41) is 13.7. The Labute approximate surface area is 113 Å². The van der Waals surface area contributed by atoms with Crippen molar-refractivity contribution in [2.45, 2.75) is 19.9 Å². The molecule has 0 aliphatic carbocycles. The summed E-state index contributed by atoms with van der Waals surface area (Å²) in [6, 6.07) is 12.0. The molecule has 0 N–H and O–H groups in total. The van der Waals surface area contributed by atoms with Gasteiger partial charge in [-0.15, -0.1) is 0 Å². The Morgan fingerprint density at radius 3 is 2.53 bits per heavy atom. The number of nitrogens with zero attached hydrogens (tertiary/aromatic N) is 4. The van der Waals surface area contributed by atoms with Crippen LogP contribution in [0.1, 0.15) is 25.5 Å². The summed E-state index contributed by atoms with van der Waals surface area (Å²) in [6.07, 6.45) is 3.71. The average molecular weight is 254 g/mol. The van der Waals surface area contributed by atoms with Crippen LogP contribution in [0.25, 0.3) is 5.69 Å². The van der Waals surface area contributed by atoms with E-state index in [0.29, 0.717) is 0 Å². The predicted octanol–water partition coefficient (Wildman–Crippen LogP) is 2.78. The van der Waals surface area contributed by atoms with Crippen molar-refractivity contribution < 1.29 is 0 Å². The molecule has 0 amide bonds. The molecular formula is C15H18N4. The van der Waals surface area contributed by atoms with Crippen molar-refractivity contribution in [3.05, 3.63) is 48.3 Å². The fraction of sp³-hybridized carbons (Fsp3) is 0.333. The van der Waals surface area contributed by atoms with Crippen molar-refractivity contribution in [1.29, 1.82) is 5.26 Å². The summed E-state index contributed by atoms with van der Waals surface area (Å²) in [7, 11) is 0. The lowest BCUT2D eigenvalue weighted by Gasteiger charge is -2.22. The van der Waals surface area contributed by atoms with Crippen molar-refractivity contribution in [3.8, 4) is 11.8 Å². The summed E-state index contributed by atoms with van der Waals surface area (Å²) in [5.74, 6) is 0. The number of aromatic nitrogens is 2. The van der Waals surface area contributed by atoms with Gasteiger partial charge < -0.3 is 0 Å². The highest BCUT2D eigenvalue weighted by Gasteiger charge is 2.18. The minimum absolute atomic E-state index is 0.229. The molecule has 0 aliphatic heterocycles. The van der Waals surface area contributed by atoms with Gasteiger partial charge in [0.1, 0.15) is 6.04 Å². The molecule has 2 rings (SSSR count). The Kier molecular flexibility index (Phi) is 4.32. The van der Waals surface area contributed by atoms with E-state index in [0.717, 1.165) is 24.3 Å². The van der Waals surface area contributed by atoms with Crippen molar-refractivity contribution in [2.75, 3.05) is 13.1 Å². The van der Waals surface area contributed by atoms with Crippen molar-refractivity contribution in [1.82, 2.24) is 14.7 Å². The molecule has 0 saturated heterocycles. The molecule has 1 heterocycles. The van der Waals surface area contributed by atoms with E-state index in [9.17, 15) is 5.26 Å². The average Bonchev–Trinajstić information content (AvgIpc) is 2.95. The maximum Gasteiger partial charge on any atom is 0.126 e. The lowest BCUT2D eigenvalue weighted by Crippen LogP contribution is -2.27. The van der Waals surface area contributed by atoms with Gasteiger partial charge in [0.25, 0.3) is 0 Å². The first-order chi connectivity index (χ1) is 9.30. The normalized spacial score (nSPS) is 12.3. The topological polar surface area (TPSA) is 44.9 Å². The van der Waals surface area contributed by atoms with E-state index in [1.165, 1.54) is 0 Å². The lowest BCUT2D eigenvalue weighted by atomic mass is 10.1. The van der Waals surface area contributed by atoms with E-state index in [1.54, 1.807) is 6.20 Å². The first-order valence-corrected chi connectivity index (χ1v) is 6.53. The highest BCUT2D eigenvalue weighted by atomic mass is 15.3. The van der Waals surface area contributed by atoms with Crippen LogP contribution in [0.2, 0.25) is 0 Å². The summed E-state index contributed by atoms with van der Waals surface area (Å²) in [5.41, 5.74) is 1.94. The van der Waals surface area contributed by atoms with Gasteiger partial charge in [-0.25, -0.2) is 4.68 Å². The van der Waals surface area contributed by atoms with E-state index in [2.05, 4.69) is 29.9 Å². The van der Waals surface area contributed by atoms with E-state index in [1.807, 2.05) is 41.2 Å². The van der Waals surface area contributed by atoms with Crippen LogP contribution in [-0.2, 0) is 0 Å². The third-order valence-electron chi connectivity index (χ3n) is 3.24. The van der Waals surface area contributed by atoms with Gasteiger partial charge in [0, 0.05) is 11.8 Å². The Bertz CT molecular complexity index is 549. The quantitative estimate of drug-likeness (QED) is 0.824. The number of hydrogen-bond donors (Lipinski definition) is 0. The van der Waals surface area contributed by atoms with Crippen LogP contribution >= 0.6 is 0 Å². The van der Waals surface area contributed by atoms with E-state index >= 15 is 0 Å². The summed E-state index contributed by atoms with van der Waals surface area (Å²) in [4.78, 5) is 2.12. The van der Waals surface area contributed by atoms with E-state index < -0.39 is 0 Å². The highest BCUT2D eigenvalue weighted by Crippen LogP contribution is 2.20. The molecule has 0 fully saturated rings. The fourth-order valence-electron chi connectivity index (χ4n) is 2.16. The molecule has 0 bridgehead atoms. The predicted molar refractivity (Wildman–Crippen MR) is 74.8 cm³/mol. The zero-order chi connectivity index (χ0) is 13.7. The molecule has 0 radical (unpaired) electrons. The molecule has 98 valence electrons. The maximum atomic E-state index is 9.36. The van der Waals surface area contributed by atoms with E-state index in [4.69, 9.17) is 0 Å². The third-order valence-corrected chi connectivity index (χ3v) is 3.24. The molecule has 4 nitrogen and oxygen atoms in total. The van der Waals surface area contributed by atoms with Gasteiger partial charge in [0.2, 0.25) is 0 Å². The van der Waals surface area contributed by atoms with Gasteiger partial charge in [-0.05, 0) is 25.2 Å². The Morgan fingerprint density at radius 2 is 1.95 bits per heavy atom. The molecule has 2 aromatic rings. The van der Waals surface area contributed by atoms with Crippen molar-refractivity contribution in [2.24, 2.45) is 0 Å². The highest BCUT2D eigenvalue weighted by molar-refractivity contribution is 5.32. The van der Waals surface area contributed by atoms with E-state index in [-0.39, 0.29) is 6.04 Å². The largest absolute Gasteiger partial charge is 0.285 e. The SMILES string of the molecule is CCN(CC)C(C#N)c1cnn(-c2ccccc2)c1. The van der Waals surface area contributed by atoms with Crippen LogP contribution in [-0.4, -0.2) is 27.8 Å². The second-order valence-electron chi connectivity index (χ2n) is 4.31. The molecular weight excluding hydrogens is 236 g/mol. The Hall–Kier alpha value is -2.12. The van der Waals surface area contributed by atoms with Crippen molar-refractivity contribution >= 4 is 0 Å². The van der Waals surface area contributed by atoms with Gasteiger partial charge in [-0.3, -0.25) is 4.90 Å². The second-order valence-corrected chi connectivity index (χ2v) is 4.31. The lowest BCUT2D eigenvalue weighted by molar-refractivity contribution is 0.262. The van der Waals surface area contributed by atoms with Crippen LogP contribution in [0.3, 0.4) is 0 Å². The zero-order valence-electron chi connectivity index (χ0n) is 11.3. The number of para-hydroxylation sites is 1. The van der Waals surface area contributed by atoms with Gasteiger partial charge in [-0.2, -0.15) is 10.4 Å². The first kappa shape index (κ1) is 13.3. The molecule has 1 atom stereocenters. The number of rotatable bonds is 5. The van der Waals surface area contributed by atoms with Crippen LogP contribution in [0, 0.1) is 11.3 Å². The number of nitriles is 1. The molecule has 1 aromatic carbocycles. The molecule has 19 heavy (non-hydrogen) atoms. The van der Waals surface area contributed by atoms with Crippen LogP contribution in [0.4, 0.5) is 0 Å². The fourth-order valence-corrected chi connectivity index (χ4v) is 2.16. The van der Waals surface area contributed by atoms with Crippen LogP contribution in [0.5, 0.6) is 0 Å². The molecule has 1 unspecified atom stereocenters. The number of benzene rings is 1. The van der Waals surface area contributed by atoms with Gasteiger partial charge >= 0.3 is 0 Å². The number of hydrogen-bond acceptors (Lipinski definition) is 3. The summed E-state index contributed by atoms with van der Waals surface area (Å²) in [6.45, 7) is 5.83. The Morgan fingerprint density at radius 1 is 1.26 bits per heavy atom. The minimum Gasteiger partial charge on any atom is -0.285 e. The second kappa shape index (κ2) is 6.17. The van der Waals surface area contributed by atoms with Crippen LogP contribution in [0.15, 0.2) is 42.7 Å². The minimum atomic E-state index is -0.229. The van der Waals surface area contributed by atoms with Gasteiger partial charge in [0.15, 0.2) is 0 Å². The standard InChI is InChI=1S/C15H18N4/c1-3-18(4-2)15(10-16)13-11-17-19(12-13)14-8-6-5-7-9-14/h5-9,11-12,15H,3-4H2,1-2H3. The summed E-state index contributed by atoms with van der Waals surface area (Å²) >= 11 is 0. The Balaban J connectivity index is 2.28. The molecule has 4 heteroatoms. The molecule has 0 spiro atoms. The summed E-state index contributed by atoms with van der Waals surface area (Å²) < 4.78 is 1.81. The monoisotopic (exact) mass is 254 g/mol. The molecule has 0 aliphatic rings.